The van der Waals surface area contributed by atoms with E-state index in [1.54, 1.807) is 0 Å². The van der Waals surface area contributed by atoms with Gasteiger partial charge in [-0.2, -0.15) is 0 Å². The minimum absolute atomic E-state index is 0.203. The molecule has 1 heterocycles. The van der Waals surface area contributed by atoms with Crippen LogP contribution in [0.3, 0.4) is 0 Å². The Morgan fingerprint density at radius 1 is 0.952 bits per heavy atom. The molecule has 0 aromatic rings. The molecule has 2 aliphatic rings. The van der Waals surface area contributed by atoms with Gasteiger partial charge in [0.25, 0.3) is 0 Å². The van der Waals surface area contributed by atoms with Crippen molar-refractivity contribution < 1.29 is 9.59 Å². The molecule has 1 aliphatic carbocycles. The molecule has 1 saturated heterocycles. The van der Waals surface area contributed by atoms with Crippen molar-refractivity contribution in [1.29, 1.82) is 0 Å². The van der Waals surface area contributed by atoms with E-state index in [9.17, 15) is 9.59 Å². The molecule has 1 N–H and O–H groups in total. The lowest BCUT2D eigenvalue weighted by Gasteiger charge is -2.23. The molecule has 5 nitrogen and oxygen atoms in total. The largest absolute Gasteiger partial charge is 0.341 e. The summed E-state index contributed by atoms with van der Waals surface area (Å²) in [4.78, 5) is 28.3. The van der Waals surface area contributed by atoms with Gasteiger partial charge in [0, 0.05) is 45.6 Å². The first kappa shape index (κ1) is 16.3. The van der Waals surface area contributed by atoms with Gasteiger partial charge in [0.1, 0.15) is 0 Å². The Balaban J connectivity index is 1.76. The van der Waals surface area contributed by atoms with Crippen LogP contribution in [0.5, 0.6) is 0 Å². The van der Waals surface area contributed by atoms with Gasteiger partial charge < -0.3 is 15.1 Å². The number of nitrogens with one attached hydrogen (secondary N) is 1. The minimum atomic E-state index is 0.203. The van der Waals surface area contributed by atoms with Gasteiger partial charge in [-0.15, -0.1) is 0 Å². The molecule has 0 aromatic heterocycles. The molecule has 120 valence electrons. The number of rotatable bonds is 5. The summed E-state index contributed by atoms with van der Waals surface area (Å²) in [7, 11) is 1.86. The average molecular weight is 295 g/mol. The zero-order valence-corrected chi connectivity index (χ0v) is 13.3. The van der Waals surface area contributed by atoms with Crippen molar-refractivity contribution in [1.82, 2.24) is 15.1 Å². The molecule has 1 saturated carbocycles. The summed E-state index contributed by atoms with van der Waals surface area (Å²) in [5.41, 5.74) is 0. The van der Waals surface area contributed by atoms with Crippen LogP contribution in [0.15, 0.2) is 0 Å². The van der Waals surface area contributed by atoms with E-state index in [4.69, 9.17) is 0 Å². The Morgan fingerprint density at radius 3 is 2.19 bits per heavy atom. The third-order valence-corrected chi connectivity index (χ3v) is 4.73. The highest BCUT2D eigenvalue weighted by molar-refractivity contribution is 5.78. The Labute approximate surface area is 128 Å². The molecule has 2 rings (SSSR count). The summed E-state index contributed by atoms with van der Waals surface area (Å²) in [6.45, 7) is 3.71. The number of nitrogens with zero attached hydrogens (tertiary/aromatic N) is 2. The molecule has 0 aromatic carbocycles. The SMILES string of the molecule is CNCCC(=O)N1CCCN(C(=O)CC2CCCC2)CC1. The second kappa shape index (κ2) is 8.37. The van der Waals surface area contributed by atoms with Gasteiger partial charge in [0.15, 0.2) is 0 Å². The zero-order chi connectivity index (χ0) is 15.1. The van der Waals surface area contributed by atoms with Crippen molar-refractivity contribution in [3.63, 3.8) is 0 Å². The topological polar surface area (TPSA) is 52.7 Å². The summed E-state index contributed by atoms with van der Waals surface area (Å²) in [6, 6.07) is 0. The van der Waals surface area contributed by atoms with Crippen LogP contribution in [0.1, 0.15) is 44.9 Å². The molecule has 0 radical (unpaired) electrons. The van der Waals surface area contributed by atoms with Crippen LogP contribution in [0.25, 0.3) is 0 Å². The summed E-state index contributed by atoms with van der Waals surface area (Å²) in [6.07, 6.45) is 7.17. The lowest BCUT2D eigenvalue weighted by atomic mass is 10.0. The van der Waals surface area contributed by atoms with E-state index < -0.39 is 0 Å². The van der Waals surface area contributed by atoms with Crippen LogP contribution in [0, 0.1) is 5.92 Å². The molecular formula is C16H29N3O2. The second-order valence-electron chi connectivity index (χ2n) is 6.32. The number of carbonyl (C=O) groups excluding carboxylic acids is 2. The normalized spacial score (nSPS) is 20.6. The molecule has 0 spiro atoms. The first-order chi connectivity index (χ1) is 10.2. The Kier molecular flexibility index (Phi) is 6.49. The average Bonchev–Trinajstić information content (AvgIpc) is 2.86. The highest BCUT2D eigenvalue weighted by Crippen LogP contribution is 2.28. The minimum Gasteiger partial charge on any atom is -0.341 e. The third-order valence-electron chi connectivity index (χ3n) is 4.73. The van der Waals surface area contributed by atoms with E-state index in [1.807, 2.05) is 16.8 Å². The van der Waals surface area contributed by atoms with E-state index in [1.165, 1.54) is 25.7 Å². The predicted molar refractivity (Wildman–Crippen MR) is 82.9 cm³/mol. The van der Waals surface area contributed by atoms with Crippen molar-refractivity contribution >= 4 is 11.8 Å². The molecule has 0 unspecified atom stereocenters. The van der Waals surface area contributed by atoms with E-state index >= 15 is 0 Å². The van der Waals surface area contributed by atoms with Crippen LogP contribution in [-0.2, 0) is 9.59 Å². The zero-order valence-electron chi connectivity index (χ0n) is 13.3. The van der Waals surface area contributed by atoms with Crippen LogP contribution in [0.4, 0.5) is 0 Å². The maximum atomic E-state index is 12.4. The lowest BCUT2D eigenvalue weighted by Crippen LogP contribution is -2.38. The monoisotopic (exact) mass is 295 g/mol. The summed E-state index contributed by atoms with van der Waals surface area (Å²) in [5.74, 6) is 1.11. The molecule has 2 fully saturated rings. The fraction of sp³-hybridized carbons (Fsp3) is 0.875. The van der Waals surface area contributed by atoms with Crippen LogP contribution in [0.2, 0.25) is 0 Å². The van der Waals surface area contributed by atoms with Crippen LogP contribution < -0.4 is 5.32 Å². The number of amides is 2. The van der Waals surface area contributed by atoms with E-state index in [0.29, 0.717) is 37.8 Å². The fourth-order valence-electron chi connectivity index (χ4n) is 3.40. The molecule has 0 bridgehead atoms. The number of carbonyl (C=O) groups is 2. The Bertz CT molecular complexity index is 353. The second-order valence-corrected chi connectivity index (χ2v) is 6.32. The quantitative estimate of drug-likeness (QED) is 0.830. The van der Waals surface area contributed by atoms with Crippen molar-refractivity contribution in [2.75, 3.05) is 39.8 Å². The molecule has 0 atom stereocenters. The predicted octanol–water partition coefficient (Wildman–Crippen LogP) is 1.24. The molecular weight excluding hydrogens is 266 g/mol. The van der Waals surface area contributed by atoms with Gasteiger partial charge in [-0.25, -0.2) is 0 Å². The highest BCUT2D eigenvalue weighted by Gasteiger charge is 2.25. The first-order valence-corrected chi connectivity index (χ1v) is 8.41. The highest BCUT2D eigenvalue weighted by atomic mass is 16.2. The summed E-state index contributed by atoms with van der Waals surface area (Å²) >= 11 is 0. The van der Waals surface area contributed by atoms with Crippen LogP contribution >= 0.6 is 0 Å². The van der Waals surface area contributed by atoms with Gasteiger partial charge in [0.2, 0.25) is 11.8 Å². The standard InChI is InChI=1S/C16H29N3O2/c1-17-8-7-15(20)18-9-4-10-19(12-11-18)16(21)13-14-5-2-3-6-14/h14,17H,2-13H2,1H3. The fourth-order valence-corrected chi connectivity index (χ4v) is 3.40. The van der Waals surface area contributed by atoms with Gasteiger partial charge in [-0.3, -0.25) is 9.59 Å². The summed E-state index contributed by atoms with van der Waals surface area (Å²) in [5, 5.41) is 3.01. The molecule has 2 amide bonds. The van der Waals surface area contributed by atoms with Gasteiger partial charge in [0.05, 0.1) is 0 Å². The van der Waals surface area contributed by atoms with Crippen molar-refractivity contribution in [3.8, 4) is 0 Å². The van der Waals surface area contributed by atoms with Gasteiger partial charge >= 0.3 is 0 Å². The number of hydrogen-bond acceptors (Lipinski definition) is 3. The third kappa shape index (κ3) is 4.99. The first-order valence-electron chi connectivity index (χ1n) is 8.41. The van der Waals surface area contributed by atoms with E-state index in [2.05, 4.69) is 5.32 Å². The smallest absolute Gasteiger partial charge is 0.223 e. The van der Waals surface area contributed by atoms with Crippen molar-refractivity contribution in [2.24, 2.45) is 5.92 Å². The van der Waals surface area contributed by atoms with Gasteiger partial charge in [-0.1, -0.05) is 12.8 Å². The summed E-state index contributed by atoms with van der Waals surface area (Å²) < 4.78 is 0. The van der Waals surface area contributed by atoms with Crippen molar-refractivity contribution in [3.05, 3.63) is 0 Å². The molecule has 21 heavy (non-hydrogen) atoms. The molecule has 5 heteroatoms. The maximum Gasteiger partial charge on any atom is 0.223 e. The molecule has 1 aliphatic heterocycles. The maximum absolute atomic E-state index is 12.4. The Morgan fingerprint density at radius 2 is 1.57 bits per heavy atom. The Hall–Kier alpha value is -1.10. The van der Waals surface area contributed by atoms with Crippen molar-refractivity contribution in [2.45, 2.75) is 44.9 Å². The van der Waals surface area contributed by atoms with Crippen LogP contribution in [-0.4, -0.2) is 61.4 Å². The van der Waals surface area contributed by atoms with Gasteiger partial charge in [-0.05, 0) is 32.2 Å². The van der Waals surface area contributed by atoms with E-state index in [-0.39, 0.29) is 5.91 Å². The number of hydrogen-bond donors (Lipinski definition) is 1. The van der Waals surface area contributed by atoms with E-state index in [0.717, 1.165) is 26.1 Å². The lowest BCUT2D eigenvalue weighted by molar-refractivity contribution is -0.134.